The van der Waals surface area contributed by atoms with E-state index in [0.29, 0.717) is 11.5 Å². The molecule has 1 atom stereocenters. The summed E-state index contributed by atoms with van der Waals surface area (Å²) in [4.78, 5) is 0. The highest BCUT2D eigenvalue weighted by molar-refractivity contribution is 9.10. The van der Waals surface area contributed by atoms with Crippen molar-refractivity contribution in [2.45, 2.75) is 52.5 Å². The highest BCUT2D eigenvalue weighted by Gasteiger charge is 2.25. The van der Waals surface area contributed by atoms with Crippen LogP contribution in [0.15, 0.2) is 16.6 Å². The Labute approximate surface area is 129 Å². The Balaban J connectivity index is 3.13. The topological polar surface area (TPSA) is 12.0 Å². The zero-order chi connectivity index (χ0) is 15.1. The third-order valence-electron chi connectivity index (χ3n) is 3.59. The van der Waals surface area contributed by atoms with E-state index in [1.165, 1.54) is 12.1 Å². The average molecular weight is 348 g/mol. The van der Waals surface area contributed by atoms with Crippen molar-refractivity contribution in [3.05, 3.63) is 33.8 Å². The SMILES string of the molecule is CCCC(CCC)C(NCC)c1cc(F)c(Br)cc1F. The van der Waals surface area contributed by atoms with E-state index in [0.717, 1.165) is 32.2 Å². The smallest absolute Gasteiger partial charge is 0.137 e. The molecule has 114 valence electrons. The molecular formula is C16H24BrF2N. The molecule has 0 heterocycles. The van der Waals surface area contributed by atoms with Gasteiger partial charge in [0.15, 0.2) is 0 Å². The quantitative estimate of drug-likeness (QED) is 0.604. The van der Waals surface area contributed by atoms with Crippen LogP contribution in [0.25, 0.3) is 0 Å². The molecule has 0 aliphatic heterocycles. The Morgan fingerprint density at radius 2 is 1.65 bits per heavy atom. The Hall–Kier alpha value is -0.480. The molecule has 1 aromatic carbocycles. The van der Waals surface area contributed by atoms with Gasteiger partial charge in [0.2, 0.25) is 0 Å². The third-order valence-corrected chi connectivity index (χ3v) is 4.20. The molecule has 1 N–H and O–H groups in total. The Bertz CT molecular complexity index is 417. The summed E-state index contributed by atoms with van der Waals surface area (Å²) in [5, 5.41) is 3.33. The van der Waals surface area contributed by atoms with Crippen molar-refractivity contribution in [3.8, 4) is 0 Å². The second kappa shape index (κ2) is 8.73. The second-order valence-corrected chi connectivity index (χ2v) is 6.01. The standard InChI is InChI=1S/C16H24BrF2N/c1-4-7-11(8-5-2)16(20-6-3)12-9-15(19)13(17)10-14(12)18/h9-11,16,20H,4-8H2,1-3H3. The number of rotatable bonds is 8. The fourth-order valence-electron chi connectivity index (χ4n) is 2.75. The van der Waals surface area contributed by atoms with Crippen LogP contribution in [0.4, 0.5) is 8.78 Å². The van der Waals surface area contributed by atoms with Crippen molar-refractivity contribution in [1.82, 2.24) is 5.32 Å². The molecule has 0 spiro atoms. The molecule has 0 aliphatic rings. The van der Waals surface area contributed by atoms with E-state index in [9.17, 15) is 8.78 Å². The normalized spacial score (nSPS) is 12.9. The van der Waals surface area contributed by atoms with E-state index in [1.54, 1.807) is 0 Å². The molecule has 0 aromatic heterocycles. The Kier molecular flexibility index (Phi) is 7.67. The van der Waals surface area contributed by atoms with E-state index in [4.69, 9.17) is 0 Å². The van der Waals surface area contributed by atoms with Gasteiger partial charge in [0.05, 0.1) is 4.47 Å². The van der Waals surface area contributed by atoms with Crippen LogP contribution in [-0.4, -0.2) is 6.54 Å². The third kappa shape index (κ3) is 4.52. The minimum atomic E-state index is -0.406. The van der Waals surface area contributed by atoms with Gasteiger partial charge in [0.1, 0.15) is 11.6 Å². The minimum Gasteiger partial charge on any atom is -0.310 e. The van der Waals surface area contributed by atoms with Gasteiger partial charge in [0, 0.05) is 11.6 Å². The lowest BCUT2D eigenvalue weighted by Crippen LogP contribution is -2.29. The van der Waals surface area contributed by atoms with Gasteiger partial charge < -0.3 is 5.32 Å². The van der Waals surface area contributed by atoms with Crippen molar-refractivity contribution >= 4 is 15.9 Å². The number of hydrogen-bond donors (Lipinski definition) is 1. The molecule has 1 unspecified atom stereocenters. The van der Waals surface area contributed by atoms with Gasteiger partial charge in [0.25, 0.3) is 0 Å². The first-order valence-corrected chi connectivity index (χ1v) is 8.22. The van der Waals surface area contributed by atoms with Crippen LogP contribution in [0.1, 0.15) is 58.1 Å². The first-order valence-electron chi connectivity index (χ1n) is 7.42. The zero-order valence-corrected chi connectivity index (χ0v) is 14.1. The van der Waals surface area contributed by atoms with Gasteiger partial charge in [-0.3, -0.25) is 0 Å². The van der Waals surface area contributed by atoms with Crippen LogP contribution in [-0.2, 0) is 0 Å². The number of benzene rings is 1. The molecule has 1 aromatic rings. The van der Waals surface area contributed by atoms with Crippen molar-refractivity contribution in [1.29, 1.82) is 0 Å². The molecular weight excluding hydrogens is 324 g/mol. The number of nitrogens with one attached hydrogen (secondary N) is 1. The maximum absolute atomic E-state index is 14.2. The van der Waals surface area contributed by atoms with Gasteiger partial charge in [-0.25, -0.2) is 8.78 Å². The molecule has 1 nitrogen and oxygen atoms in total. The first-order chi connectivity index (χ1) is 9.54. The van der Waals surface area contributed by atoms with E-state index >= 15 is 0 Å². The largest absolute Gasteiger partial charge is 0.310 e. The zero-order valence-electron chi connectivity index (χ0n) is 12.5. The van der Waals surface area contributed by atoms with Crippen molar-refractivity contribution < 1.29 is 8.78 Å². The fourth-order valence-corrected chi connectivity index (χ4v) is 3.06. The van der Waals surface area contributed by atoms with Crippen molar-refractivity contribution in [2.24, 2.45) is 5.92 Å². The van der Waals surface area contributed by atoms with E-state index in [1.807, 2.05) is 6.92 Å². The van der Waals surface area contributed by atoms with Crippen LogP contribution in [0.5, 0.6) is 0 Å². The van der Waals surface area contributed by atoms with Crippen LogP contribution >= 0.6 is 15.9 Å². The maximum Gasteiger partial charge on any atom is 0.137 e. The summed E-state index contributed by atoms with van der Waals surface area (Å²) >= 11 is 3.03. The van der Waals surface area contributed by atoms with E-state index in [-0.39, 0.29) is 16.3 Å². The average Bonchev–Trinajstić information content (AvgIpc) is 2.40. The predicted octanol–water partition coefficient (Wildman–Crippen LogP) is 5.59. The van der Waals surface area contributed by atoms with Crippen LogP contribution in [0.2, 0.25) is 0 Å². The summed E-state index contributed by atoms with van der Waals surface area (Å²) in [5.41, 5.74) is 0.444. The van der Waals surface area contributed by atoms with Crippen LogP contribution in [0, 0.1) is 17.6 Å². The molecule has 0 radical (unpaired) electrons. The second-order valence-electron chi connectivity index (χ2n) is 5.16. The molecule has 20 heavy (non-hydrogen) atoms. The Morgan fingerprint density at radius 3 is 2.15 bits per heavy atom. The lowest BCUT2D eigenvalue weighted by Gasteiger charge is -2.28. The van der Waals surface area contributed by atoms with Gasteiger partial charge >= 0.3 is 0 Å². The maximum atomic E-state index is 14.2. The molecule has 0 aliphatic carbocycles. The molecule has 4 heteroatoms. The van der Waals surface area contributed by atoms with E-state index < -0.39 is 5.82 Å². The summed E-state index contributed by atoms with van der Waals surface area (Å²) in [6, 6.07) is 2.43. The molecule has 0 saturated carbocycles. The molecule has 0 fully saturated rings. The molecule has 0 amide bonds. The lowest BCUT2D eigenvalue weighted by atomic mass is 9.86. The van der Waals surface area contributed by atoms with Crippen molar-refractivity contribution in [3.63, 3.8) is 0 Å². The van der Waals surface area contributed by atoms with Crippen molar-refractivity contribution in [2.75, 3.05) is 6.54 Å². The van der Waals surface area contributed by atoms with Gasteiger partial charge in [-0.05, 0) is 53.4 Å². The summed E-state index contributed by atoms with van der Waals surface area (Å²) in [6.45, 7) is 7.00. The minimum absolute atomic E-state index is 0.123. The molecule has 0 bridgehead atoms. The van der Waals surface area contributed by atoms with E-state index in [2.05, 4.69) is 35.1 Å². The monoisotopic (exact) mass is 347 g/mol. The predicted molar refractivity (Wildman–Crippen MR) is 83.8 cm³/mol. The number of halogens is 3. The van der Waals surface area contributed by atoms with Gasteiger partial charge in [-0.2, -0.15) is 0 Å². The summed E-state index contributed by atoms with van der Waals surface area (Å²) in [6.07, 6.45) is 4.13. The lowest BCUT2D eigenvalue weighted by molar-refractivity contribution is 0.312. The summed E-state index contributed by atoms with van der Waals surface area (Å²) < 4.78 is 28.1. The Morgan fingerprint density at radius 1 is 1.05 bits per heavy atom. The fraction of sp³-hybridized carbons (Fsp3) is 0.625. The van der Waals surface area contributed by atoms with Gasteiger partial charge in [-0.15, -0.1) is 0 Å². The molecule has 0 saturated heterocycles. The summed E-state index contributed by atoms with van der Waals surface area (Å²) in [7, 11) is 0. The highest BCUT2D eigenvalue weighted by Crippen LogP contribution is 2.33. The van der Waals surface area contributed by atoms with Crippen LogP contribution in [0.3, 0.4) is 0 Å². The van der Waals surface area contributed by atoms with Crippen LogP contribution < -0.4 is 5.32 Å². The highest BCUT2D eigenvalue weighted by atomic mass is 79.9. The molecule has 1 rings (SSSR count). The number of hydrogen-bond acceptors (Lipinski definition) is 1. The summed E-state index contributed by atoms with van der Waals surface area (Å²) in [5.74, 6) is -0.419. The van der Waals surface area contributed by atoms with Gasteiger partial charge in [-0.1, -0.05) is 33.6 Å². The first kappa shape index (κ1) is 17.6.